The van der Waals surface area contributed by atoms with Crippen molar-refractivity contribution < 1.29 is 4.79 Å². The van der Waals surface area contributed by atoms with E-state index in [0.29, 0.717) is 11.7 Å². The third kappa shape index (κ3) is 2.89. The van der Waals surface area contributed by atoms with Crippen LogP contribution in [0.3, 0.4) is 0 Å². The molecule has 2 heteroatoms. The predicted molar refractivity (Wildman–Crippen MR) is 80.2 cm³/mol. The quantitative estimate of drug-likeness (QED) is 0.748. The first-order chi connectivity index (χ1) is 9.14. The van der Waals surface area contributed by atoms with Gasteiger partial charge in [-0.3, -0.25) is 9.69 Å². The van der Waals surface area contributed by atoms with E-state index >= 15 is 0 Å². The standard InChI is InChI=1S/C17H31NO/c1-4-18(5-2)17(12-6-7-13-17)16(19)15-10-8-14(3)9-11-15/h14-15H,4-13H2,1-3H3. The van der Waals surface area contributed by atoms with Gasteiger partial charge in [-0.05, 0) is 44.7 Å². The summed E-state index contributed by atoms with van der Waals surface area (Å²) in [6.45, 7) is 8.78. The van der Waals surface area contributed by atoms with Gasteiger partial charge in [0, 0.05) is 5.92 Å². The highest BCUT2D eigenvalue weighted by molar-refractivity contribution is 5.90. The van der Waals surface area contributed by atoms with Crippen LogP contribution >= 0.6 is 0 Å². The van der Waals surface area contributed by atoms with Crippen molar-refractivity contribution in [2.75, 3.05) is 13.1 Å². The molecule has 0 spiro atoms. The monoisotopic (exact) mass is 265 g/mol. The van der Waals surface area contributed by atoms with E-state index in [4.69, 9.17) is 0 Å². The highest BCUT2D eigenvalue weighted by Gasteiger charge is 2.47. The number of ketones is 1. The van der Waals surface area contributed by atoms with Crippen LogP contribution in [0.2, 0.25) is 0 Å². The minimum absolute atomic E-state index is 0.0885. The summed E-state index contributed by atoms with van der Waals surface area (Å²) in [7, 11) is 0. The number of hydrogen-bond donors (Lipinski definition) is 0. The largest absolute Gasteiger partial charge is 0.297 e. The van der Waals surface area contributed by atoms with Crippen molar-refractivity contribution in [3.63, 3.8) is 0 Å². The summed E-state index contributed by atoms with van der Waals surface area (Å²) in [6, 6.07) is 0. The lowest BCUT2D eigenvalue weighted by Crippen LogP contribution is -2.55. The Bertz CT molecular complexity index is 294. The maximum absolute atomic E-state index is 13.1. The van der Waals surface area contributed by atoms with Crippen molar-refractivity contribution in [1.82, 2.24) is 4.90 Å². The molecule has 0 radical (unpaired) electrons. The summed E-state index contributed by atoms with van der Waals surface area (Å²) in [5, 5.41) is 0. The second-order valence-electron chi connectivity index (χ2n) is 6.73. The van der Waals surface area contributed by atoms with Crippen molar-refractivity contribution >= 4 is 5.78 Å². The Morgan fingerprint density at radius 1 is 1.05 bits per heavy atom. The fourth-order valence-electron chi connectivity index (χ4n) is 4.41. The van der Waals surface area contributed by atoms with E-state index in [2.05, 4.69) is 25.7 Å². The lowest BCUT2D eigenvalue weighted by atomic mass is 9.74. The molecule has 0 amide bonds. The van der Waals surface area contributed by atoms with Gasteiger partial charge in [0.2, 0.25) is 0 Å². The topological polar surface area (TPSA) is 20.3 Å². The summed E-state index contributed by atoms with van der Waals surface area (Å²) in [4.78, 5) is 15.6. The summed E-state index contributed by atoms with van der Waals surface area (Å²) in [5.41, 5.74) is -0.0885. The molecule has 0 aliphatic heterocycles. The lowest BCUT2D eigenvalue weighted by Gasteiger charge is -2.42. The molecule has 0 N–H and O–H groups in total. The van der Waals surface area contributed by atoms with Crippen molar-refractivity contribution in [3.05, 3.63) is 0 Å². The smallest absolute Gasteiger partial charge is 0.156 e. The van der Waals surface area contributed by atoms with Crippen LogP contribution in [-0.4, -0.2) is 29.3 Å². The van der Waals surface area contributed by atoms with Crippen molar-refractivity contribution in [2.45, 2.75) is 77.7 Å². The minimum atomic E-state index is -0.0885. The van der Waals surface area contributed by atoms with Crippen LogP contribution in [0.25, 0.3) is 0 Å². The first-order valence-corrected chi connectivity index (χ1v) is 8.43. The van der Waals surface area contributed by atoms with Crippen LogP contribution in [0.1, 0.15) is 72.1 Å². The van der Waals surface area contributed by atoms with Gasteiger partial charge in [-0.1, -0.05) is 46.5 Å². The van der Waals surface area contributed by atoms with Crippen LogP contribution in [-0.2, 0) is 4.79 Å². The molecule has 0 atom stereocenters. The molecule has 2 saturated carbocycles. The third-order valence-electron chi connectivity index (χ3n) is 5.64. The third-order valence-corrected chi connectivity index (χ3v) is 5.64. The number of nitrogens with zero attached hydrogens (tertiary/aromatic N) is 1. The van der Waals surface area contributed by atoms with E-state index in [0.717, 1.165) is 44.7 Å². The molecular weight excluding hydrogens is 234 g/mol. The molecule has 0 saturated heterocycles. The van der Waals surface area contributed by atoms with Crippen molar-refractivity contribution in [2.24, 2.45) is 11.8 Å². The van der Waals surface area contributed by atoms with Crippen LogP contribution in [0.5, 0.6) is 0 Å². The van der Waals surface area contributed by atoms with Gasteiger partial charge in [-0.2, -0.15) is 0 Å². The van der Waals surface area contributed by atoms with Crippen molar-refractivity contribution in [3.8, 4) is 0 Å². The normalized spacial score (nSPS) is 30.7. The molecule has 0 bridgehead atoms. The SMILES string of the molecule is CCN(CC)C1(C(=O)C2CCC(C)CC2)CCCC1. The molecule has 2 aliphatic carbocycles. The zero-order chi connectivity index (χ0) is 13.9. The highest BCUT2D eigenvalue weighted by Crippen LogP contribution is 2.41. The Labute approximate surface area is 118 Å². The summed E-state index contributed by atoms with van der Waals surface area (Å²) >= 11 is 0. The molecule has 0 aromatic carbocycles. The Kier molecular flexibility index (Phi) is 5.05. The van der Waals surface area contributed by atoms with E-state index in [1.165, 1.54) is 25.7 Å². The minimum Gasteiger partial charge on any atom is -0.297 e. The number of Topliss-reactive ketones (excluding diaryl/α,β-unsaturated/α-hetero) is 1. The molecule has 2 aliphatic rings. The van der Waals surface area contributed by atoms with Crippen LogP contribution in [0, 0.1) is 11.8 Å². The second kappa shape index (κ2) is 6.39. The molecular formula is C17H31NO. The molecule has 2 fully saturated rings. The molecule has 0 unspecified atom stereocenters. The first kappa shape index (κ1) is 15.0. The highest BCUT2D eigenvalue weighted by atomic mass is 16.1. The summed E-state index contributed by atoms with van der Waals surface area (Å²) < 4.78 is 0. The number of rotatable bonds is 5. The molecule has 0 heterocycles. The van der Waals surface area contributed by atoms with E-state index < -0.39 is 0 Å². The Morgan fingerprint density at radius 3 is 2.05 bits per heavy atom. The zero-order valence-electron chi connectivity index (χ0n) is 13.1. The van der Waals surface area contributed by atoms with E-state index in [1.807, 2.05) is 0 Å². The zero-order valence-corrected chi connectivity index (χ0v) is 13.1. The molecule has 0 aromatic heterocycles. The Balaban J connectivity index is 2.12. The van der Waals surface area contributed by atoms with Gasteiger partial charge in [0.05, 0.1) is 5.54 Å². The van der Waals surface area contributed by atoms with E-state index in [-0.39, 0.29) is 5.54 Å². The van der Waals surface area contributed by atoms with Crippen molar-refractivity contribution in [1.29, 1.82) is 0 Å². The van der Waals surface area contributed by atoms with E-state index in [9.17, 15) is 4.79 Å². The maximum Gasteiger partial charge on any atom is 0.156 e. The number of hydrogen-bond acceptors (Lipinski definition) is 2. The summed E-state index contributed by atoms with van der Waals surface area (Å²) in [5.74, 6) is 1.78. The second-order valence-corrected chi connectivity index (χ2v) is 6.73. The fourth-order valence-corrected chi connectivity index (χ4v) is 4.41. The number of carbonyl (C=O) groups is 1. The van der Waals surface area contributed by atoms with Crippen LogP contribution in [0.4, 0.5) is 0 Å². The molecule has 2 rings (SSSR count). The molecule has 2 nitrogen and oxygen atoms in total. The van der Waals surface area contributed by atoms with E-state index in [1.54, 1.807) is 0 Å². The molecule has 19 heavy (non-hydrogen) atoms. The van der Waals surface area contributed by atoms with Crippen LogP contribution < -0.4 is 0 Å². The predicted octanol–water partition coefficient (Wildman–Crippen LogP) is 4.04. The number of carbonyl (C=O) groups excluding carboxylic acids is 1. The van der Waals surface area contributed by atoms with Gasteiger partial charge in [0.1, 0.15) is 0 Å². The Morgan fingerprint density at radius 2 is 1.58 bits per heavy atom. The number of likely N-dealkylation sites (N-methyl/N-ethyl adjacent to an activating group) is 1. The van der Waals surface area contributed by atoms with Gasteiger partial charge in [0.15, 0.2) is 5.78 Å². The average Bonchev–Trinajstić information content (AvgIpc) is 2.91. The average molecular weight is 265 g/mol. The van der Waals surface area contributed by atoms with Gasteiger partial charge in [-0.15, -0.1) is 0 Å². The van der Waals surface area contributed by atoms with Gasteiger partial charge >= 0.3 is 0 Å². The van der Waals surface area contributed by atoms with Gasteiger partial charge < -0.3 is 0 Å². The summed E-state index contributed by atoms with van der Waals surface area (Å²) in [6.07, 6.45) is 9.50. The lowest BCUT2D eigenvalue weighted by molar-refractivity contribution is -0.136. The Hall–Kier alpha value is -0.370. The van der Waals surface area contributed by atoms with Gasteiger partial charge in [-0.25, -0.2) is 0 Å². The molecule has 110 valence electrons. The maximum atomic E-state index is 13.1. The first-order valence-electron chi connectivity index (χ1n) is 8.43. The molecule has 0 aromatic rings. The van der Waals surface area contributed by atoms with Crippen LogP contribution in [0.15, 0.2) is 0 Å². The fraction of sp³-hybridized carbons (Fsp3) is 0.941. The van der Waals surface area contributed by atoms with Gasteiger partial charge in [0.25, 0.3) is 0 Å².